The summed E-state index contributed by atoms with van der Waals surface area (Å²) < 4.78 is 1.82. The minimum atomic E-state index is -0.149. The van der Waals surface area contributed by atoms with Gasteiger partial charge in [0.15, 0.2) is 0 Å². The van der Waals surface area contributed by atoms with Gasteiger partial charge in [-0.2, -0.15) is 5.10 Å². The largest absolute Gasteiger partial charge is 0.390 e. The minimum absolute atomic E-state index is 0.115. The molecule has 0 atom stereocenters. The fraction of sp³-hybridized carbons (Fsp3) is 0.111. The molecule has 0 saturated carbocycles. The van der Waals surface area contributed by atoms with E-state index in [9.17, 15) is 9.90 Å². The smallest absolute Gasteiger partial charge is 0.225 e. The number of hydrogen-bond acceptors (Lipinski definition) is 4. The van der Waals surface area contributed by atoms with Crippen molar-refractivity contribution in [1.29, 1.82) is 0 Å². The first kappa shape index (κ1) is 20.9. The Morgan fingerprint density at radius 3 is 2.39 bits per heavy atom. The molecule has 6 heteroatoms. The maximum absolute atomic E-state index is 11.8. The standard InChI is InChI=1S/C27H24N4O2/c28-14-13-27(33)29-21-9-11-23(12-10-21)31-26(16-22(17-32)30-31)20-8-7-19-6-5-18-3-1-2-4-24(18)25(19)15-20/h1-12,15-16,32H,13-14,17,28H2,(H,29,33). The monoisotopic (exact) mass is 436 g/mol. The van der Waals surface area contributed by atoms with E-state index in [4.69, 9.17) is 5.73 Å². The summed E-state index contributed by atoms with van der Waals surface area (Å²) >= 11 is 0. The van der Waals surface area contributed by atoms with Crippen molar-refractivity contribution < 1.29 is 9.90 Å². The van der Waals surface area contributed by atoms with Crippen molar-refractivity contribution >= 4 is 33.1 Å². The second-order valence-electron chi connectivity index (χ2n) is 7.95. The van der Waals surface area contributed by atoms with Gasteiger partial charge in [0.1, 0.15) is 0 Å². The van der Waals surface area contributed by atoms with Gasteiger partial charge in [-0.15, -0.1) is 0 Å². The van der Waals surface area contributed by atoms with Crippen molar-refractivity contribution in [3.8, 4) is 16.9 Å². The zero-order valence-corrected chi connectivity index (χ0v) is 18.0. The number of nitrogens with zero attached hydrogens (tertiary/aromatic N) is 2. The summed E-state index contributed by atoms with van der Waals surface area (Å²) in [7, 11) is 0. The van der Waals surface area contributed by atoms with E-state index in [-0.39, 0.29) is 18.9 Å². The van der Waals surface area contributed by atoms with E-state index in [1.807, 2.05) is 41.1 Å². The molecular formula is C27H24N4O2. The van der Waals surface area contributed by atoms with Crippen molar-refractivity contribution in [2.24, 2.45) is 5.73 Å². The Morgan fingerprint density at radius 2 is 1.64 bits per heavy atom. The molecule has 0 aliphatic rings. The van der Waals surface area contributed by atoms with Crippen molar-refractivity contribution in [2.45, 2.75) is 13.0 Å². The quantitative estimate of drug-likeness (QED) is 0.339. The van der Waals surface area contributed by atoms with Crippen LogP contribution in [0.3, 0.4) is 0 Å². The molecule has 0 saturated heterocycles. The fourth-order valence-corrected chi connectivity index (χ4v) is 4.11. The molecule has 6 nitrogen and oxygen atoms in total. The molecule has 0 radical (unpaired) electrons. The van der Waals surface area contributed by atoms with Crippen LogP contribution in [0, 0.1) is 0 Å². The predicted molar refractivity (Wildman–Crippen MR) is 132 cm³/mol. The number of nitrogens with two attached hydrogens (primary N) is 1. The van der Waals surface area contributed by atoms with Crippen LogP contribution >= 0.6 is 0 Å². The van der Waals surface area contributed by atoms with E-state index in [0.717, 1.165) is 16.9 Å². The SMILES string of the molecule is NCCC(=O)Nc1ccc(-n2nc(CO)cc2-c2ccc3ccc4ccccc4c3c2)cc1. The number of rotatable bonds is 6. The number of nitrogens with one attached hydrogen (secondary N) is 1. The number of aliphatic hydroxyl groups is 1. The van der Waals surface area contributed by atoms with Crippen LogP contribution in [0.5, 0.6) is 0 Å². The number of fused-ring (bicyclic) bond motifs is 3. The highest BCUT2D eigenvalue weighted by molar-refractivity contribution is 6.08. The normalized spacial score (nSPS) is 11.2. The summed E-state index contributed by atoms with van der Waals surface area (Å²) in [6.45, 7) is 0.162. The van der Waals surface area contributed by atoms with E-state index in [2.05, 4.69) is 58.9 Å². The lowest BCUT2D eigenvalue weighted by Crippen LogP contribution is -2.16. The highest BCUT2D eigenvalue weighted by Gasteiger charge is 2.13. The van der Waals surface area contributed by atoms with Crippen LogP contribution in [0.25, 0.3) is 38.5 Å². The molecule has 4 aromatic carbocycles. The topological polar surface area (TPSA) is 93.2 Å². The lowest BCUT2D eigenvalue weighted by molar-refractivity contribution is -0.116. The highest BCUT2D eigenvalue weighted by Crippen LogP contribution is 2.31. The zero-order valence-electron chi connectivity index (χ0n) is 18.0. The number of hydrogen-bond donors (Lipinski definition) is 3. The average Bonchev–Trinajstić information content (AvgIpc) is 3.29. The third kappa shape index (κ3) is 4.09. The first-order valence-electron chi connectivity index (χ1n) is 10.9. The number of aliphatic hydroxyl groups excluding tert-OH is 1. The maximum atomic E-state index is 11.8. The van der Waals surface area contributed by atoms with Gasteiger partial charge < -0.3 is 16.2 Å². The number of carbonyl (C=O) groups is 1. The summed E-state index contributed by atoms with van der Waals surface area (Å²) in [4.78, 5) is 11.8. The maximum Gasteiger partial charge on any atom is 0.225 e. The molecule has 0 spiro atoms. The van der Waals surface area contributed by atoms with Gasteiger partial charge in [-0.1, -0.05) is 48.5 Å². The Bertz CT molecular complexity index is 1450. The lowest BCUT2D eigenvalue weighted by Gasteiger charge is -2.11. The lowest BCUT2D eigenvalue weighted by atomic mass is 9.99. The zero-order chi connectivity index (χ0) is 22.8. The van der Waals surface area contributed by atoms with E-state index < -0.39 is 0 Å². The van der Waals surface area contributed by atoms with Gasteiger partial charge in [-0.05, 0) is 57.9 Å². The van der Waals surface area contributed by atoms with Gasteiger partial charge in [0.25, 0.3) is 0 Å². The summed E-state index contributed by atoms with van der Waals surface area (Å²) in [5, 5.41) is 21.9. The molecule has 164 valence electrons. The third-order valence-electron chi connectivity index (χ3n) is 5.73. The number of aromatic nitrogens is 2. The fourth-order valence-electron chi connectivity index (χ4n) is 4.11. The summed E-state index contributed by atoms with van der Waals surface area (Å²) in [6.07, 6.45) is 0.279. The van der Waals surface area contributed by atoms with Crippen molar-refractivity contribution in [2.75, 3.05) is 11.9 Å². The number of carbonyl (C=O) groups excluding carboxylic acids is 1. The third-order valence-corrected chi connectivity index (χ3v) is 5.73. The molecule has 0 aliphatic heterocycles. The summed E-state index contributed by atoms with van der Waals surface area (Å²) in [5.41, 5.74) is 9.45. The number of benzene rings is 4. The first-order chi connectivity index (χ1) is 16.2. The molecule has 1 amide bonds. The Labute approximate surface area is 191 Å². The Morgan fingerprint density at radius 1 is 0.909 bits per heavy atom. The number of amides is 1. The van der Waals surface area contributed by atoms with Gasteiger partial charge in [0.05, 0.1) is 23.7 Å². The molecule has 0 fully saturated rings. The first-order valence-corrected chi connectivity index (χ1v) is 10.9. The predicted octanol–water partition coefficient (Wildman–Crippen LogP) is 4.63. The van der Waals surface area contributed by atoms with Crippen LogP contribution in [0.1, 0.15) is 12.1 Å². The average molecular weight is 437 g/mol. The second-order valence-corrected chi connectivity index (χ2v) is 7.95. The van der Waals surface area contributed by atoms with Gasteiger partial charge in [0.2, 0.25) is 5.91 Å². The van der Waals surface area contributed by atoms with Crippen LogP contribution in [0.4, 0.5) is 5.69 Å². The molecule has 4 N–H and O–H groups in total. The van der Waals surface area contributed by atoms with Crippen LogP contribution in [-0.4, -0.2) is 27.3 Å². The molecule has 1 aromatic heterocycles. The van der Waals surface area contributed by atoms with Gasteiger partial charge >= 0.3 is 0 Å². The van der Waals surface area contributed by atoms with Crippen molar-refractivity contribution in [3.63, 3.8) is 0 Å². The molecule has 0 bridgehead atoms. The molecule has 5 aromatic rings. The van der Waals surface area contributed by atoms with Gasteiger partial charge in [-0.3, -0.25) is 4.79 Å². The molecule has 1 heterocycles. The second kappa shape index (κ2) is 8.86. The minimum Gasteiger partial charge on any atom is -0.390 e. The van der Waals surface area contributed by atoms with Gasteiger partial charge in [0, 0.05) is 24.2 Å². The Kier molecular flexibility index (Phi) is 5.60. The van der Waals surface area contributed by atoms with E-state index in [1.165, 1.54) is 21.5 Å². The number of anilines is 1. The summed E-state index contributed by atoms with van der Waals surface area (Å²) in [5.74, 6) is -0.115. The van der Waals surface area contributed by atoms with Crippen molar-refractivity contribution in [3.05, 3.63) is 90.6 Å². The van der Waals surface area contributed by atoms with Crippen LogP contribution in [-0.2, 0) is 11.4 Å². The van der Waals surface area contributed by atoms with Gasteiger partial charge in [-0.25, -0.2) is 4.68 Å². The molecule has 0 aliphatic carbocycles. The van der Waals surface area contributed by atoms with Crippen molar-refractivity contribution in [1.82, 2.24) is 9.78 Å². The van der Waals surface area contributed by atoms with E-state index in [0.29, 0.717) is 17.9 Å². The molecule has 5 rings (SSSR count). The van der Waals surface area contributed by atoms with Crippen LogP contribution in [0.15, 0.2) is 84.9 Å². The summed E-state index contributed by atoms with van der Waals surface area (Å²) in [6, 6.07) is 28.3. The van der Waals surface area contributed by atoms with E-state index in [1.54, 1.807) is 0 Å². The van der Waals surface area contributed by atoms with E-state index >= 15 is 0 Å². The highest BCUT2D eigenvalue weighted by atomic mass is 16.3. The molecule has 0 unspecified atom stereocenters. The van der Waals surface area contributed by atoms with Crippen LogP contribution < -0.4 is 11.1 Å². The Hall–Kier alpha value is -4.00. The Balaban J connectivity index is 1.57. The van der Waals surface area contributed by atoms with Crippen LogP contribution in [0.2, 0.25) is 0 Å². The molecule has 33 heavy (non-hydrogen) atoms. The molecular weight excluding hydrogens is 412 g/mol.